The number of rotatable bonds is 6. The molecule has 1 unspecified atom stereocenters. The minimum Gasteiger partial charge on any atom is -0.342 e. The molecule has 29 heavy (non-hydrogen) atoms. The van der Waals surface area contributed by atoms with E-state index < -0.39 is 23.3 Å². The minimum absolute atomic E-state index is 0.0387. The number of nitrogens with zero attached hydrogens (tertiary/aromatic N) is 5. The molecule has 2 aromatic rings. The molecular weight excluding hydrogens is 400 g/mol. The van der Waals surface area contributed by atoms with Gasteiger partial charge in [-0.3, -0.25) is 9.59 Å². The zero-order valence-corrected chi connectivity index (χ0v) is 16.7. The van der Waals surface area contributed by atoms with Crippen LogP contribution in [0.2, 0.25) is 0 Å². The minimum atomic E-state index is -0.715. The molecule has 1 aliphatic carbocycles. The summed E-state index contributed by atoms with van der Waals surface area (Å²) >= 11 is 1.33. The monoisotopic (exact) mass is 421 g/mol. The van der Waals surface area contributed by atoms with E-state index in [2.05, 4.69) is 15.5 Å². The Bertz CT molecular complexity index is 925. The van der Waals surface area contributed by atoms with E-state index in [1.165, 1.54) is 11.8 Å². The van der Waals surface area contributed by atoms with Gasteiger partial charge in [0.15, 0.2) is 5.78 Å². The molecule has 0 radical (unpaired) electrons. The van der Waals surface area contributed by atoms with Crippen molar-refractivity contribution in [2.24, 2.45) is 5.92 Å². The Morgan fingerprint density at radius 3 is 2.59 bits per heavy atom. The number of ketones is 1. The van der Waals surface area contributed by atoms with Crippen molar-refractivity contribution in [1.29, 1.82) is 0 Å². The fourth-order valence-electron chi connectivity index (χ4n) is 3.55. The van der Waals surface area contributed by atoms with Crippen molar-refractivity contribution < 1.29 is 18.4 Å². The molecule has 1 atom stereocenters. The summed E-state index contributed by atoms with van der Waals surface area (Å²) in [5.74, 6) is -2.21. The van der Waals surface area contributed by atoms with Crippen LogP contribution < -0.4 is 0 Å². The van der Waals surface area contributed by atoms with E-state index in [4.69, 9.17) is 0 Å². The van der Waals surface area contributed by atoms with Gasteiger partial charge in [0, 0.05) is 19.0 Å². The zero-order valence-electron chi connectivity index (χ0n) is 15.9. The number of carbonyl (C=O) groups is 2. The van der Waals surface area contributed by atoms with E-state index in [1.54, 1.807) is 9.58 Å². The Labute approximate surface area is 170 Å². The molecule has 154 valence electrons. The number of halogens is 2. The summed E-state index contributed by atoms with van der Waals surface area (Å²) in [4.78, 5) is 27.1. The highest BCUT2D eigenvalue weighted by molar-refractivity contribution is 8.00. The maximum atomic E-state index is 13.9. The van der Waals surface area contributed by atoms with Gasteiger partial charge in [0.25, 0.3) is 0 Å². The molecule has 7 nitrogen and oxygen atoms in total. The van der Waals surface area contributed by atoms with Crippen LogP contribution in [0.5, 0.6) is 0 Å². The average molecular weight is 421 g/mol. The summed E-state index contributed by atoms with van der Waals surface area (Å²) < 4.78 is 29.0. The first-order chi connectivity index (χ1) is 13.9. The van der Waals surface area contributed by atoms with Crippen molar-refractivity contribution in [3.63, 3.8) is 0 Å². The number of piperidine rings is 1. The molecule has 1 aromatic carbocycles. The first-order valence-electron chi connectivity index (χ1n) is 9.66. The molecule has 1 aliphatic heterocycles. The van der Waals surface area contributed by atoms with Crippen molar-refractivity contribution in [3.05, 3.63) is 35.4 Å². The molecule has 4 rings (SSSR count). The number of Topliss-reactive ketones (excluding diaryl/α,β-unsaturated/α-hetero) is 1. The summed E-state index contributed by atoms with van der Waals surface area (Å²) in [5, 5.41) is 12.0. The predicted octanol–water partition coefficient (Wildman–Crippen LogP) is 2.89. The topological polar surface area (TPSA) is 81.0 Å². The molecular formula is C19H21F2N5O2S. The van der Waals surface area contributed by atoms with Crippen LogP contribution in [0, 0.1) is 17.6 Å². The SMILES string of the molecule is CC(Sc1nnnn1C1CC1)C(=O)N1CCC(C(=O)c2cc(F)ccc2F)CC1. The summed E-state index contributed by atoms with van der Waals surface area (Å²) in [6.45, 7) is 2.63. The Kier molecular flexibility index (Phi) is 5.62. The lowest BCUT2D eigenvalue weighted by Crippen LogP contribution is -2.43. The summed E-state index contributed by atoms with van der Waals surface area (Å²) in [6, 6.07) is 3.24. The molecule has 0 bridgehead atoms. The quantitative estimate of drug-likeness (QED) is 0.527. The number of likely N-dealkylation sites (tertiary alicyclic amines) is 1. The second kappa shape index (κ2) is 8.17. The number of hydrogen-bond acceptors (Lipinski definition) is 6. The third kappa shape index (κ3) is 4.31. The van der Waals surface area contributed by atoms with Gasteiger partial charge >= 0.3 is 0 Å². The van der Waals surface area contributed by atoms with E-state index in [9.17, 15) is 18.4 Å². The van der Waals surface area contributed by atoms with Gasteiger partial charge in [0.1, 0.15) is 11.6 Å². The summed E-state index contributed by atoms with van der Waals surface area (Å²) in [7, 11) is 0. The third-order valence-corrected chi connectivity index (χ3v) is 6.39. The maximum Gasteiger partial charge on any atom is 0.235 e. The molecule has 1 saturated heterocycles. The Hall–Kier alpha value is -2.36. The number of thioether (sulfide) groups is 1. The summed E-state index contributed by atoms with van der Waals surface area (Å²) in [5.41, 5.74) is -0.217. The third-order valence-electron chi connectivity index (χ3n) is 5.36. The molecule has 2 heterocycles. The van der Waals surface area contributed by atoms with Gasteiger partial charge in [0.2, 0.25) is 11.1 Å². The lowest BCUT2D eigenvalue weighted by atomic mass is 9.88. The van der Waals surface area contributed by atoms with Gasteiger partial charge in [-0.25, -0.2) is 13.5 Å². The van der Waals surface area contributed by atoms with Crippen LogP contribution in [-0.4, -0.2) is 55.1 Å². The van der Waals surface area contributed by atoms with Gasteiger partial charge in [-0.05, 0) is 61.2 Å². The number of amides is 1. The number of tetrazole rings is 1. The van der Waals surface area contributed by atoms with Gasteiger partial charge in [-0.15, -0.1) is 5.10 Å². The van der Waals surface area contributed by atoms with Crippen molar-refractivity contribution in [3.8, 4) is 0 Å². The zero-order chi connectivity index (χ0) is 20.5. The van der Waals surface area contributed by atoms with Crippen LogP contribution in [0.25, 0.3) is 0 Å². The highest BCUT2D eigenvalue weighted by Gasteiger charge is 2.33. The maximum absolute atomic E-state index is 13.9. The second-order valence-electron chi connectivity index (χ2n) is 7.49. The second-order valence-corrected chi connectivity index (χ2v) is 8.79. The normalized spacial score (nSPS) is 18.7. The molecule has 1 amide bonds. The number of benzene rings is 1. The van der Waals surface area contributed by atoms with Crippen LogP contribution in [0.15, 0.2) is 23.4 Å². The van der Waals surface area contributed by atoms with E-state index in [0.29, 0.717) is 37.1 Å². The lowest BCUT2D eigenvalue weighted by Gasteiger charge is -2.32. The Balaban J connectivity index is 1.33. The average Bonchev–Trinajstić information content (AvgIpc) is 3.47. The highest BCUT2D eigenvalue weighted by atomic mass is 32.2. The van der Waals surface area contributed by atoms with Crippen molar-refractivity contribution in [2.45, 2.75) is 49.1 Å². The molecule has 10 heteroatoms. The number of carbonyl (C=O) groups excluding carboxylic acids is 2. The predicted molar refractivity (Wildman–Crippen MR) is 101 cm³/mol. The highest BCUT2D eigenvalue weighted by Crippen LogP contribution is 2.37. The van der Waals surface area contributed by atoms with E-state index in [1.807, 2.05) is 6.92 Å². The van der Waals surface area contributed by atoms with Crippen molar-refractivity contribution >= 4 is 23.5 Å². The summed E-state index contributed by atoms with van der Waals surface area (Å²) in [6.07, 6.45) is 2.96. The van der Waals surface area contributed by atoms with Gasteiger partial charge in [-0.1, -0.05) is 11.8 Å². The van der Waals surface area contributed by atoms with E-state index in [0.717, 1.165) is 31.0 Å². The van der Waals surface area contributed by atoms with Crippen molar-refractivity contribution in [1.82, 2.24) is 25.1 Å². The first-order valence-corrected chi connectivity index (χ1v) is 10.5. The molecule has 2 aliphatic rings. The fraction of sp³-hybridized carbons (Fsp3) is 0.526. The standard InChI is InChI=1S/C19H21F2N5O2S/c1-11(29-19-22-23-24-26(19)14-3-4-14)18(28)25-8-6-12(7-9-25)17(27)15-10-13(20)2-5-16(15)21/h2,5,10-12,14H,3-4,6-9H2,1H3. The molecule has 2 fully saturated rings. The van der Waals surface area contributed by atoms with Gasteiger partial charge in [0.05, 0.1) is 16.9 Å². The molecule has 0 N–H and O–H groups in total. The van der Waals surface area contributed by atoms with E-state index in [-0.39, 0.29) is 16.7 Å². The van der Waals surface area contributed by atoms with Crippen molar-refractivity contribution in [2.75, 3.05) is 13.1 Å². The fourth-order valence-corrected chi connectivity index (χ4v) is 4.49. The van der Waals surface area contributed by atoms with Crippen LogP contribution in [0.3, 0.4) is 0 Å². The van der Waals surface area contributed by atoms with Gasteiger partial charge < -0.3 is 4.90 Å². The van der Waals surface area contributed by atoms with Crippen LogP contribution >= 0.6 is 11.8 Å². The van der Waals surface area contributed by atoms with Gasteiger partial charge in [-0.2, -0.15) is 0 Å². The van der Waals surface area contributed by atoms with Crippen LogP contribution in [0.4, 0.5) is 8.78 Å². The number of aromatic nitrogens is 4. The molecule has 0 spiro atoms. The molecule has 1 saturated carbocycles. The van der Waals surface area contributed by atoms with Crippen LogP contribution in [0.1, 0.15) is 49.0 Å². The first kappa shape index (κ1) is 19.9. The Morgan fingerprint density at radius 2 is 1.90 bits per heavy atom. The largest absolute Gasteiger partial charge is 0.342 e. The lowest BCUT2D eigenvalue weighted by molar-refractivity contribution is -0.131. The number of hydrogen-bond donors (Lipinski definition) is 0. The van der Waals surface area contributed by atoms with E-state index >= 15 is 0 Å². The molecule has 1 aromatic heterocycles. The smallest absolute Gasteiger partial charge is 0.235 e. The van der Waals surface area contributed by atoms with Crippen LogP contribution in [-0.2, 0) is 4.79 Å². The Morgan fingerprint density at radius 1 is 1.17 bits per heavy atom.